The molecule has 1 aliphatic rings. The number of carbonyl (C=O) groups excluding carboxylic acids is 1. The molecule has 1 N–H and O–H groups in total. The molecule has 1 heterocycles. The van der Waals surface area contributed by atoms with Crippen molar-refractivity contribution in [3.05, 3.63) is 87.4 Å². The van der Waals surface area contributed by atoms with Crippen molar-refractivity contribution in [2.45, 2.75) is 19.6 Å². The van der Waals surface area contributed by atoms with Gasteiger partial charge in [0.15, 0.2) is 6.10 Å². The number of halogens is 3. The minimum Gasteiger partial charge on any atom is -0.479 e. The summed E-state index contributed by atoms with van der Waals surface area (Å²) in [6.07, 6.45) is -0.718. The zero-order chi connectivity index (χ0) is 24.1. The number of anilines is 2. The van der Waals surface area contributed by atoms with Crippen LogP contribution >= 0.6 is 34.8 Å². The lowest BCUT2D eigenvalue weighted by Crippen LogP contribution is -2.46. The smallest absolute Gasteiger partial charge is 0.265 e. The first-order chi connectivity index (χ1) is 16.4. The van der Waals surface area contributed by atoms with Crippen LogP contribution in [-0.2, 0) is 11.3 Å². The van der Waals surface area contributed by atoms with Gasteiger partial charge in [-0.2, -0.15) is 0 Å². The number of nitrogens with one attached hydrogen (secondary N) is 1. The maximum atomic E-state index is 12.6. The van der Waals surface area contributed by atoms with Crippen molar-refractivity contribution in [3.8, 4) is 5.75 Å². The first kappa shape index (κ1) is 24.7. The van der Waals surface area contributed by atoms with Crippen LogP contribution in [0.5, 0.6) is 5.75 Å². The molecule has 1 atom stereocenters. The Morgan fingerprint density at radius 2 is 1.65 bits per heavy atom. The van der Waals surface area contributed by atoms with Crippen molar-refractivity contribution < 1.29 is 9.53 Å². The van der Waals surface area contributed by atoms with E-state index in [0.29, 0.717) is 21.5 Å². The summed E-state index contributed by atoms with van der Waals surface area (Å²) in [7, 11) is 0. The average molecular weight is 519 g/mol. The highest BCUT2D eigenvalue weighted by Crippen LogP contribution is 2.28. The highest BCUT2D eigenvalue weighted by molar-refractivity contribution is 6.35. The Labute approximate surface area is 215 Å². The summed E-state index contributed by atoms with van der Waals surface area (Å²) in [4.78, 5) is 17.3. The van der Waals surface area contributed by atoms with Crippen molar-refractivity contribution in [2.75, 3.05) is 36.4 Å². The summed E-state index contributed by atoms with van der Waals surface area (Å²) in [5, 5.41) is 4.58. The lowest BCUT2D eigenvalue weighted by Gasteiger charge is -2.36. The third kappa shape index (κ3) is 6.36. The first-order valence-electron chi connectivity index (χ1n) is 11.1. The average Bonchev–Trinajstić information content (AvgIpc) is 2.83. The highest BCUT2D eigenvalue weighted by Gasteiger charge is 2.19. The Hall–Kier alpha value is -2.44. The molecule has 3 aromatic carbocycles. The summed E-state index contributed by atoms with van der Waals surface area (Å²) >= 11 is 18.3. The third-order valence-electron chi connectivity index (χ3n) is 5.79. The molecule has 1 unspecified atom stereocenters. The molecule has 1 fully saturated rings. The number of benzene rings is 3. The molecule has 0 bridgehead atoms. The summed E-state index contributed by atoms with van der Waals surface area (Å²) in [5.41, 5.74) is 3.01. The second-order valence-electron chi connectivity index (χ2n) is 8.23. The SMILES string of the molecule is CC(Oc1ccc(Cl)cc1Cl)C(=O)Nc1ccc(N2CCN(Cc3ccccc3Cl)CC2)cc1. The molecule has 178 valence electrons. The van der Waals surface area contributed by atoms with Gasteiger partial charge in [-0.3, -0.25) is 9.69 Å². The quantitative estimate of drug-likeness (QED) is 0.394. The number of nitrogens with zero attached hydrogens (tertiary/aromatic N) is 2. The van der Waals surface area contributed by atoms with Crippen molar-refractivity contribution >= 4 is 52.1 Å². The standard InChI is InChI=1S/C26H26Cl3N3O2/c1-18(34-25-11-6-20(27)16-24(25)29)26(33)30-21-7-9-22(10-8-21)32-14-12-31(13-15-32)17-19-4-2-3-5-23(19)28/h2-11,16,18H,12-15,17H2,1H3,(H,30,33). The predicted molar refractivity (Wildman–Crippen MR) is 141 cm³/mol. The first-order valence-corrected chi connectivity index (χ1v) is 12.3. The minimum atomic E-state index is -0.718. The van der Waals surface area contributed by atoms with Gasteiger partial charge in [-0.05, 0) is 61.0 Å². The maximum Gasteiger partial charge on any atom is 0.265 e. The van der Waals surface area contributed by atoms with Crippen molar-refractivity contribution in [1.82, 2.24) is 4.90 Å². The predicted octanol–water partition coefficient (Wildman–Crippen LogP) is 6.38. The van der Waals surface area contributed by atoms with E-state index in [1.165, 1.54) is 0 Å². The molecular weight excluding hydrogens is 493 g/mol. The minimum absolute atomic E-state index is 0.257. The number of hydrogen-bond donors (Lipinski definition) is 1. The van der Waals surface area contributed by atoms with Gasteiger partial charge >= 0.3 is 0 Å². The van der Waals surface area contributed by atoms with Gasteiger partial charge in [-0.1, -0.05) is 53.0 Å². The number of piperazine rings is 1. The number of amides is 1. The maximum absolute atomic E-state index is 12.6. The van der Waals surface area contributed by atoms with E-state index in [0.717, 1.165) is 49.0 Å². The molecule has 3 aromatic rings. The van der Waals surface area contributed by atoms with Gasteiger partial charge in [-0.25, -0.2) is 0 Å². The molecule has 34 heavy (non-hydrogen) atoms. The van der Waals surface area contributed by atoms with Crippen LogP contribution in [-0.4, -0.2) is 43.1 Å². The number of ether oxygens (including phenoxy) is 1. The van der Waals surface area contributed by atoms with E-state index in [4.69, 9.17) is 39.5 Å². The Kier molecular flexibility index (Phi) is 8.22. The lowest BCUT2D eigenvalue weighted by molar-refractivity contribution is -0.122. The van der Waals surface area contributed by atoms with E-state index in [1.54, 1.807) is 25.1 Å². The van der Waals surface area contributed by atoms with Crippen LogP contribution in [0.4, 0.5) is 11.4 Å². The summed E-state index contributed by atoms with van der Waals surface area (Å²) < 4.78 is 5.69. The summed E-state index contributed by atoms with van der Waals surface area (Å²) in [6.45, 7) is 6.33. The van der Waals surface area contributed by atoms with Crippen LogP contribution in [0.15, 0.2) is 66.7 Å². The molecule has 4 rings (SSSR count). The largest absolute Gasteiger partial charge is 0.479 e. The molecule has 0 aromatic heterocycles. The Morgan fingerprint density at radius 3 is 2.32 bits per heavy atom. The second-order valence-corrected chi connectivity index (χ2v) is 9.48. The molecule has 0 radical (unpaired) electrons. The van der Waals surface area contributed by atoms with Gasteiger partial charge < -0.3 is 15.0 Å². The monoisotopic (exact) mass is 517 g/mol. The topological polar surface area (TPSA) is 44.8 Å². The zero-order valence-corrected chi connectivity index (χ0v) is 21.1. The molecule has 0 spiro atoms. The molecule has 5 nitrogen and oxygen atoms in total. The highest BCUT2D eigenvalue weighted by atomic mass is 35.5. The molecule has 8 heteroatoms. The van der Waals surface area contributed by atoms with Crippen LogP contribution in [0.3, 0.4) is 0 Å². The van der Waals surface area contributed by atoms with Crippen LogP contribution in [0.1, 0.15) is 12.5 Å². The van der Waals surface area contributed by atoms with Crippen LogP contribution in [0.2, 0.25) is 15.1 Å². The Balaban J connectivity index is 1.27. The van der Waals surface area contributed by atoms with Gasteiger partial charge in [0.2, 0.25) is 0 Å². The van der Waals surface area contributed by atoms with Gasteiger partial charge in [0.05, 0.1) is 5.02 Å². The lowest BCUT2D eigenvalue weighted by atomic mass is 10.2. The Morgan fingerprint density at radius 1 is 0.941 bits per heavy atom. The van der Waals surface area contributed by atoms with E-state index in [9.17, 15) is 4.79 Å². The van der Waals surface area contributed by atoms with E-state index in [-0.39, 0.29) is 5.91 Å². The van der Waals surface area contributed by atoms with Gasteiger partial charge in [0.25, 0.3) is 5.91 Å². The van der Waals surface area contributed by atoms with Crippen molar-refractivity contribution in [1.29, 1.82) is 0 Å². The zero-order valence-electron chi connectivity index (χ0n) is 18.8. The number of rotatable bonds is 7. The fourth-order valence-electron chi connectivity index (χ4n) is 3.85. The fourth-order valence-corrected chi connectivity index (χ4v) is 4.49. The summed E-state index contributed by atoms with van der Waals surface area (Å²) in [6, 6.07) is 20.8. The van der Waals surface area contributed by atoms with E-state index >= 15 is 0 Å². The number of hydrogen-bond acceptors (Lipinski definition) is 4. The van der Waals surface area contributed by atoms with Gasteiger partial charge in [0, 0.05) is 54.1 Å². The normalized spacial score (nSPS) is 15.1. The molecular formula is C26H26Cl3N3O2. The van der Waals surface area contributed by atoms with Gasteiger partial charge in [-0.15, -0.1) is 0 Å². The molecule has 1 amide bonds. The van der Waals surface area contributed by atoms with Crippen molar-refractivity contribution in [2.24, 2.45) is 0 Å². The second kappa shape index (κ2) is 11.3. The van der Waals surface area contributed by atoms with E-state index in [1.807, 2.05) is 42.5 Å². The molecule has 0 saturated carbocycles. The van der Waals surface area contributed by atoms with Crippen LogP contribution in [0, 0.1) is 0 Å². The van der Waals surface area contributed by atoms with E-state index < -0.39 is 6.10 Å². The van der Waals surface area contributed by atoms with Crippen molar-refractivity contribution in [3.63, 3.8) is 0 Å². The fraction of sp³-hybridized carbons (Fsp3) is 0.269. The summed E-state index contributed by atoms with van der Waals surface area (Å²) in [5.74, 6) is 0.157. The number of carbonyl (C=O) groups is 1. The molecule has 0 aliphatic carbocycles. The van der Waals surface area contributed by atoms with Crippen LogP contribution in [0.25, 0.3) is 0 Å². The third-order valence-corrected chi connectivity index (χ3v) is 6.69. The Bertz CT molecular complexity index is 1130. The molecule has 1 aliphatic heterocycles. The van der Waals surface area contributed by atoms with Crippen LogP contribution < -0.4 is 15.0 Å². The molecule has 1 saturated heterocycles. The van der Waals surface area contributed by atoms with Gasteiger partial charge in [0.1, 0.15) is 5.75 Å². The van der Waals surface area contributed by atoms with E-state index in [2.05, 4.69) is 21.2 Å².